The molecule has 0 aliphatic heterocycles. The van der Waals surface area contributed by atoms with Crippen LogP contribution in [-0.2, 0) is 6.42 Å². The smallest absolute Gasteiger partial charge is 0.146 e. The van der Waals surface area contributed by atoms with Gasteiger partial charge in [-0.25, -0.2) is 8.78 Å². The Kier molecular flexibility index (Phi) is 4.40. The molecule has 0 saturated heterocycles. The number of rotatable bonds is 3. The van der Waals surface area contributed by atoms with Gasteiger partial charge in [0.05, 0.1) is 5.02 Å². The first-order valence-corrected chi connectivity index (χ1v) is 6.38. The first-order valence-electron chi connectivity index (χ1n) is 5.62. The van der Waals surface area contributed by atoms with E-state index in [-0.39, 0.29) is 17.0 Å². The fourth-order valence-corrected chi connectivity index (χ4v) is 2.23. The van der Waals surface area contributed by atoms with Gasteiger partial charge in [0.2, 0.25) is 0 Å². The zero-order chi connectivity index (χ0) is 14.0. The van der Waals surface area contributed by atoms with Crippen LogP contribution >= 0.6 is 23.2 Å². The molecule has 0 radical (unpaired) electrons. The molecule has 0 fully saturated rings. The third-order valence-corrected chi connectivity index (χ3v) is 3.49. The summed E-state index contributed by atoms with van der Waals surface area (Å²) in [4.78, 5) is 0. The fraction of sp³-hybridized carbons (Fsp3) is 0.143. The Balaban J connectivity index is 2.28. The van der Waals surface area contributed by atoms with E-state index in [1.165, 1.54) is 24.3 Å². The number of nitrogens with two attached hydrogens (primary N) is 1. The third kappa shape index (κ3) is 3.24. The number of benzene rings is 2. The van der Waals surface area contributed by atoms with Gasteiger partial charge >= 0.3 is 0 Å². The molecule has 2 rings (SSSR count). The van der Waals surface area contributed by atoms with Crippen LogP contribution in [0.3, 0.4) is 0 Å². The minimum absolute atomic E-state index is 0.0123. The van der Waals surface area contributed by atoms with Crippen LogP contribution in [0.25, 0.3) is 0 Å². The van der Waals surface area contributed by atoms with Crippen LogP contribution in [-0.4, -0.2) is 0 Å². The normalized spacial score (nSPS) is 12.5. The first-order chi connectivity index (χ1) is 8.99. The number of hydrogen-bond donors (Lipinski definition) is 1. The molecule has 0 saturated carbocycles. The van der Waals surface area contributed by atoms with Crippen molar-refractivity contribution in [3.8, 4) is 0 Å². The molecule has 0 bridgehead atoms. The Morgan fingerprint density at radius 2 is 1.79 bits per heavy atom. The molecule has 0 aliphatic carbocycles. The van der Waals surface area contributed by atoms with Crippen LogP contribution in [0, 0.1) is 11.6 Å². The average Bonchev–Trinajstić information content (AvgIpc) is 2.37. The summed E-state index contributed by atoms with van der Waals surface area (Å²) in [6.07, 6.45) is 0.230. The van der Waals surface area contributed by atoms with Gasteiger partial charge in [-0.3, -0.25) is 0 Å². The standard InChI is InChI=1S/C14H11Cl2F2N/c15-11-5-4-9(17)6-8(11)7-13(19)10-2-1-3-12(16)14(10)18/h1-6,13H,7,19H2. The van der Waals surface area contributed by atoms with Gasteiger partial charge in [-0.2, -0.15) is 0 Å². The maximum absolute atomic E-state index is 13.8. The lowest BCUT2D eigenvalue weighted by Gasteiger charge is -2.14. The highest BCUT2D eigenvalue weighted by atomic mass is 35.5. The lowest BCUT2D eigenvalue weighted by molar-refractivity contribution is 0.579. The van der Waals surface area contributed by atoms with Crippen LogP contribution < -0.4 is 5.73 Å². The lowest BCUT2D eigenvalue weighted by Crippen LogP contribution is -2.15. The predicted molar refractivity (Wildman–Crippen MR) is 73.5 cm³/mol. The van der Waals surface area contributed by atoms with Crippen molar-refractivity contribution in [3.05, 3.63) is 69.2 Å². The van der Waals surface area contributed by atoms with Gasteiger partial charge in [-0.15, -0.1) is 0 Å². The van der Waals surface area contributed by atoms with Crippen molar-refractivity contribution in [1.82, 2.24) is 0 Å². The fourth-order valence-electron chi connectivity index (χ4n) is 1.85. The van der Waals surface area contributed by atoms with Crippen molar-refractivity contribution in [2.75, 3.05) is 0 Å². The van der Waals surface area contributed by atoms with Gasteiger partial charge in [-0.1, -0.05) is 35.3 Å². The molecule has 5 heteroatoms. The highest BCUT2D eigenvalue weighted by Crippen LogP contribution is 2.27. The van der Waals surface area contributed by atoms with Crippen LogP contribution in [0.15, 0.2) is 36.4 Å². The Hall–Kier alpha value is -1.16. The second kappa shape index (κ2) is 5.87. The molecule has 1 unspecified atom stereocenters. The summed E-state index contributed by atoms with van der Waals surface area (Å²) >= 11 is 11.7. The summed E-state index contributed by atoms with van der Waals surface area (Å²) in [7, 11) is 0. The van der Waals surface area contributed by atoms with Gasteiger partial charge in [0.15, 0.2) is 0 Å². The number of hydrogen-bond acceptors (Lipinski definition) is 1. The topological polar surface area (TPSA) is 26.0 Å². The van der Waals surface area contributed by atoms with Crippen molar-refractivity contribution in [1.29, 1.82) is 0 Å². The average molecular weight is 302 g/mol. The minimum atomic E-state index is -0.641. The zero-order valence-electron chi connectivity index (χ0n) is 9.84. The van der Waals surface area contributed by atoms with Crippen LogP contribution in [0.4, 0.5) is 8.78 Å². The maximum Gasteiger partial charge on any atom is 0.146 e. The van der Waals surface area contributed by atoms with E-state index in [0.29, 0.717) is 10.6 Å². The molecule has 19 heavy (non-hydrogen) atoms. The van der Waals surface area contributed by atoms with Crippen LogP contribution in [0.5, 0.6) is 0 Å². The van der Waals surface area contributed by atoms with Crippen molar-refractivity contribution in [3.63, 3.8) is 0 Å². The molecule has 1 nitrogen and oxygen atoms in total. The maximum atomic E-state index is 13.8. The van der Waals surface area contributed by atoms with Crippen molar-refractivity contribution < 1.29 is 8.78 Å². The van der Waals surface area contributed by atoms with Crippen molar-refractivity contribution in [2.24, 2.45) is 5.73 Å². The molecular weight excluding hydrogens is 291 g/mol. The molecular formula is C14H11Cl2F2N. The van der Waals surface area contributed by atoms with E-state index in [1.54, 1.807) is 12.1 Å². The minimum Gasteiger partial charge on any atom is -0.324 e. The Morgan fingerprint density at radius 1 is 1.05 bits per heavy atom. The number of halogens is 4. The van der Waals surface area contributed by atoms with Gasteiger partial charge in [0, 0.05) is 16.6 Å². The monoisotopic (exact) mass is 301 g/mol. The molecule has 0 spiro atoms. The molecule has 0 heterocycles. The molecule has 0 aliphatic rings. The van der Waals surface area contributed by atoms with Crippen LogP contribution in [0.1, 0.15) is 17.2 Å². The zero-order valence-corrected chi connectivity index (χ0v) is 11.3. The summed E-state index contributed by atoms with van der Waals surface area (Å²) < 4.78 is 27.0. The predicted octanol–water partition coefficient (Wildman–Crippen LogP) is 4.51. The molecule has 0 aromatic heterocycles. The van der Waals surface area contributed by atoms with E-state index >= 15 is 0 Å². The van der Waals surface area contributed by atoms with Gasteiger partial charge in [0.25, 0.3) is 0 Å². The molecule has 2 aromatic carbocycles. The van der Waals surface area contributed by atoms with Gasteiger partial charge < -0.3 is 5.73 Å². The summed E-state index contributed by atoms with van der Waals surface area (Å²) in [5.41, 5.74) is 6.76. The molecule has 0 amide bonds. The van der Waals surface area contributed by atoms with E-state index in [2.05, 4.69) is 0 Å². The van der Waals surface area contributed by atoms with E-state index in [0.717, 1.165) is 0 Å². The van der Waals surface area contributed by atoms with Crippen molar-refractivity contribution in [2.45, 2.75) is 12.5 Å². The summed E-state index contributed by atoms with van der Waals surface area (Å²) in [6.45, 7) is 0. The Bertz CT molecular complexity index is 602. The quantitative estimate of drug-likeness (QED) is 0.886. The largest absolute Gasteiger partial charge is 0.324 e. The van der Waals surface area contributed by atoms with E-state index in [1.807, 2.05) is 0 Å². The SMILES string of the molecule is NC(Cc1cc(F)ccc1Cl)c1cccc(Cl)c1F. The summed E-state index contributed by atoms with van der Waals surface area (Å²) in [5.74, 6) is -0.956. The van der Waals surface area contributed by atoms with E-state index in [4.69, 9.17) is 28.9 Å². The third-order valence-electron chi connectivity index (χ3n) is 2.83. The van der Waals surface area contributed by atoms with Gasteiger partial charge in [-0.05, 0) is 36.2 Å². The van der Waals surface area contributed by atoms with Crippen LogP contribution in [0.2, 0.25) is 10.0 Å². The Morgan fingerprint density at radius 3 is 2.53 bits per heavy atom. The highest BCUT2D eigenvalue weighted by Gasteiger charge is 2.15. The second-order valence-electron chi connectivity index (χ2n) is 4.19. The highest BCUT2D eigenvalue weighted by molar-refractivity contribution is 6.31. The summed E-state index contributed by atoms with van der Waals surface area (Å²) in [5, 5.41) is 0.414. The van der Waals surface area contributed by atoms with Gasteiger partial charge in [0.1, 0.15) is 11.6 Å². The van der Waals surface area contributed by atoms with E-state index < -0.39 is 17.7 Å². The Labute approximate surface area is 119 Å². The molecule has 2 aromatic rings. The first kappa shape index (κ1) is 14.3. The van der Waals surface area contributed by atoms with E-state index in [9.17, 15) is 8.78 Å². The summed E-state index contributed by atoms with van der Waals surface area (Å²) in [6, 6.07) is 7.99. The molecule has 100 valence electrons. The second-order valence-corrected chi connectivity index (χ2v) is 5.00. The lowest BCUT2D eigenvalue weighted by atomic mass is 9.99. The molecule has 1 atom stereocenters. The molecule has 2 N–H and O–H groups in total. The van der Waals surface area contributed by atoms with Crippen molar-refractivity contribution >= 4 is 23.2 Å².